The molecule has 0 saturated carbocycles. The molecule has 1 heterocycles. The van der Waals surface area contributed by atoms with Gasteiger partial charge in [0.25, 0.3) is 5.88 Å². The van der Waals surface area contributed by atoms with E-state index in [-0.39, 0.29) is 11.3 Å². The van der Waals surface area contributed by atoms with Crippen LogP contribution in [0.1, 0.15) is 11.3 Å². The molecule has 0 aromatic carbocycles. The number of methoxy groups -OCH3 is 1. The standard InChI is InChI=1S/C10H9F4NO4/c1-18-8-5(4-11)2-6(3-7(16)17)15-9(8)19-10(12,13)14/h2H,3-4H2,1H3,(H,16,17). The molecular weight excluding hydrogens is 274 g/mol. The van der Waals surface area contributed by atoms with Gasteiger partial charge in [0.1, 0.15) is 6.67 Å². The maximum Gasteiger partial charge on any atom is 0.574 e. The highest BCUT2D eigenvalue weighted by atomic mass is 19.4. The van der Waals surface area contributed by atoms with Crippen LogP contribution >= 0.6 is 0 Å². The second kappa shape index (κ2) is 5.72. The number of pyridine rings is 1. The highest BCUT2D eigenvalue weighted by Gasteiger charge is 2.34. The van der Waals surface area contributed by atoms with Crippen LogP contribution in [0.2, 0.25) is 0 Å². The van der Waals surface area contributed by atoms with E-state index in [1.165, 1.54) is 0 Å². The van der Waals surface area contributed by atoms with Crippen molar-refractivity contribution < 1.29 is 36.9 Å². The molecule has 9 heteroatoms. The van der Waals surface area contributed by atoms with Crippen LogP contribution in [0.15, 0.2) is 6.07 Å². The Morgan fingerprint density at radius 2 is 2.11 bits per heavy atom. The molecule has 0 radical (unpaired) electrons. The van der Waals surface area contributed by atoms with Crippen molar-refractivity contribution in [1.82, 2.24) is 4.98 Å². The van der Waals surface area contributed by atoms with E-state index in [1.54, 1.807) is 0 Å². The molecule has 0 amide bonds. The van der Waals surface area contributed by atoms with E-state index in [4.69, 9.17) is 5.11 Å². The Kier molecular flexibility index (Phi) is 4.52. The molecular formula is C10H9F4NO4. The molecule has 0 spiro atoms. The Morgan fingerprint density at radius 3 is 2.53 bits per heavy atom. The summed E-state index contributed by atoms with van der Waals surface area (Å²) in [6.07, 6.45) is -5.71. The molecule has 1 rings (SSSR count). The SMILES string of the molecule is COc1c(CF)cc(CC(=O)O)nc1OC(F)(F)F. The number of aromatic nitrogens is 1. The molecule has 0 aliphatic heterocycles. The lowest BCUT2D eigenvalue weighted by Crippen LogP contribution is -2.19. The Balaban J connectivity index is 3.27. The Morgan fingerprint density at radius 1 is 1.47 bits per heavy atom. The zero-order chi connectivity index (χ0) is 14.6. The molecule has 0 aliphatic rings. The Labute approximate surface area is 104 Å². The molecule has 106 valence electrons. The average molecular weight is 283 g/mol. The average Bonchev–Trinajstić information content (AvgIpc) is 2.25. The van der Waals surface area contributed by atoms with Gasteiger partial charge in [-0.1, -0.05) is 0 Å². The van der Waals surface area contributed by atoms with Gasteiger partial charge in [-0.25, -0.2) is 9.37 Å². The van der Waals surface area contributed by atoms with E-state index in [0.29, 0.717) is 0 Å². The molecule has 5 nitrogen and oxygen atoms in total. The lowest BCUT2D eigenvalue weighted by atomic mass is 10.2. The predicted octanol–water partition coefficient (Wildman–Crippen LogP) is 2.09. The van der Waals surface area contributed by atoms with Gasteiger partial charge in [0.2, 0.25) is 0 Å². The van der Waals surface area contributed by atoms with E-state index >= 15 is 0 Å². The lowest BCUT2D eigenvalue weighted by Gasteiger charge is -2.14. The summed E-state index contributed by atoms with van der Waals surface area (Å²) in [6, 6.07) is 1.01. The predicted molar refractivity (Wildman–Crippen MR) is 53.6 cm³/mol. The smallest absolute Gasteiger partial charge is 0.491 e. The number of ether oxygens (including phenoxy) is 2. The van der Waals surface area contributed by atoms with Crippen molar-refractivity contribution >= 4 is 5.97 Å². The second-order valence-electron chi connectivity index (χ2n) is 3.36. The molecule has 0 aliphatic carbocycles. The van der Waals surface area contributed by atoms with Crippen molar-refractivity contribution in [2.24, 2.45) is 0 Å². The second-order valence-corrected chi connectivity index (χ2v) is 3.36. The minimum atomic E-state index is -5.05. The first-order valence-corrected chi connectivity index (χ1v) is 4.87. The fraction of sp³-hybridized carbons (Fsp3) is 0.400. The first-order valence-electron chi connectivity index (χ1n) is 4.87. The number of nitrogens with zero attached hydrogens (tertiary/aromatic N) is 1. The van der Waals surface area contributed by atoms with Crippen LogP contribution in [-0.4, -0.2) is 29.5 Å². The highest BCUT2D eigenvalue weighted by molar-refractivity contribution is 5.69. The first-order chi connectivity index (χ1) is 8.76. The number of halogens is 4. The number of carboxylic acid groups (broad SMARTS) is 1. The fourth-order valence-electron chi connectivity index (χ4n) is 1.36. The Bertz CT molecular complexity index is 475. The van der Waals surface area contributed by atoms with Gasteiger partial charge < -0.3 is 14.6 Å². The lowest BCUT2D eigenvalue weighted by molar-refractivity contribution is -0.276. The summed E-state index contributed by atoms with van der Waals surface area (Å²) in [4.78, 5) is 13.9. The summed E-state index contributed by atoms with van der Waals surface area (Å²) in [5, 5.41) is 8.55. The zero-order valence-electron chi connectivity index (χ0n) is 9.62. The normalized spacial score (nSPS) is 11.2. The van der Waals surface area contributed by atoms with E-state index in [1.807, 2.05) is 0 Å². The van der Waals surface area contributed by atoms with E-state index in [0.717, 1.165) is 13.2 Å². The van der Waals surface area contributed by atoms with E-state index in [9.17, 15) is 22.4 Å². The quantitative estimate of drug-likeness (QED) is 0.838. The molecule has 1 aromatic heterocycles. The number of aliphatic carboxylic acids is 1. The monoisotopic (exact) mass is 283 g/mol. The number of hydrogen-bond acceptors (Lipinski definition) is 4. The van der Waals surface area contributed by atoms with Crippen LogP contribution in [0.4, 0.5) is 17.6 Å². The van der Waals surface area contributed by atoms with Crippen LogP contribution in [0.25, 0.3) is 0 Å². The first kappa shape index (κ1) is 15.0. The molecule has 19 heavy (non-hydrogen) atoms. The third-order valence-corrected chi connectivity index (χ3v) is 1.96. The van der Waals surface area contributed by atoms with Gasteiger partial charge in [0, 0.05) is 5.56 Å². The number of rotatable bonds is 5. The van der Waals surface area contributed by atoms with Crippen molar-refractivity contribution in [2.75, 3.05) is 7.11 Å². The molecule has 0 bridgehead atoms. The van der Waals surface area contributed by atoms with Gasteiger partial charge in [-0.05, 0) is 6.07 Å². The van der Waals surface area contributed by atoms with Crippen molar-refractivity contribution in [3.05, 3.63) is 17.3 Å². The maximum atomic E-state index is 12.7. The zero-order valence-corrected chi connectivity index (χ0v) is 9.62. The topological polar surface area (TPSA) is 68.7 Å². The fourth-order valence-corrected chi connectivity index (χ4v) is 1.36. The summed E-state index contributed by atoms with van der Waals surface area (Å²) >= 11 is 0. The molecule has 1 N–H and O–H groups in total. The molecule has 0 unspecified atom stereocenters. The third-order valence-electron chi connectivity index (χ3n) is 1.96. The van der Waals surface area contributed by atoms with Gasteiger partial charge in [-0.15, -0.1) is 13.2 Å². The molecule has 0 saturated heterocycles. The van der Waals surface area contributed by atoms with E-state index < -0.39 is 37.1 Å². The van der Waals surface area contributed by atoms with Crippen LogP contribution in [0.3, 0.4) is 0 Å². The number of carboxylic acids is 1. The van der Waals surface area contributed by atoms with Gasteiger partial charge >= 0.3 is 12.3 Å². The van der Waals surface area contributed by atoms with Gasteiger partial charge in [0.15, 0.2) is 5.75 Å². The molecule has 1 aromatic rings. The van der Waals surface area contributed by atoms with Gasteiger partial charge in [-0.2, -0.15) is 0 Å². The maximum absolute atomic E-state index is 12.7. The summed E-state index contributed by atoms with van der Waals surface area (Å²) in [5.74, 6) is -2.85. The van der Waals surface area contributed by atoms with Crippen LogP contribution in [0.5, 0.6) is 11.6 Å². The van der Waals surface area contributed by atoms with Crippen molar-refractivity contribution in [1.29, 1.82) is 0 Å². The van der Waals surface area contributed by atoms with Gasteiger partial charge in [0.05, 0.1) is 19.2 Å². The van der Waals surface area contributed by atoms with Crippen LogP contribution in [0, 0.1) is 0 Å². The number of carbonyl (C=O) groups is 1. The third kappa shape index (κ3) is 4.27. The van der Waals surface area contributed by atoms with Crippen molar-refractivity contribution in [3.8, 4) is 11.6 Å². The van der Waals surface area contributed by atoms with Crippen LogP contribution < -0.4 is 9.47 Å². The number of alkyl halides is 4. The van der Waals surface area contributed by atoms with Gasteiger partial charge in [-0.3, -0.25) is 4.79 Å². The molecule has 0 atom stereocenters. The van der Waals surface area contributed by atoms with Crippen molar-refractivity contribution in [3.63, 3.8) is 0 Å². The number of hydrogen-bond donors (Lipinski definition) is 1. The minimum Gasteiger partial charge on any atom is -0.491 e. The van der Waals surface area contributed by atoms with Crippen molar-refractivity contribution in [2.45, 2.75) is 19.5 Å². The molecule has 0 fully saturated rings. The summed E-state index contributed by atoms with van der Waals surface area (Å²) < 4.78 is 57.4. The summed E-state index contributed by atoms with van der Waals surface area (Å²) in [6.45, 7) is -1.15. The van der Waals surface area contributed by atoms with E-state index in [2.05, 4.69) is 14.5 Å². The summed E-state index contributed by atoms with van der Waals surface area (Å²) in [7, 11) is 1.02. The Hall–Kier alpha value is -2.06. The van der Waals surface area contributed by atoms with Crippen LogP contribution in [-0.2, 0) is 17.9 Å². The summed E-state index contributed by atoms with van der Waals surface area (Å²) in [5.41, 5.74) is -0.534. The highest BCUT2D eigenvalue weighted by Crippen LogP contribution is 2.34. The largest absolute Gasteiger partial charge is 0.574 e. The minimum absolute atomic E-state index is 0.264.